The number of nitrogens with one attached hydrogen (secondary N) is 2. The number of hydrazine groups is 1. The molecule has 0 saturated heterocycles. The highest BCUT2D eigenvalue weighted by Gasteiger charge is 2.22. The van der Waals surface area contributed by atoms with Crippen LogP contribution in [0.15, 0.2) is 23.6 Å². The van der Waals surface area contributed by atoms with Crippen LogP contribution in [0.5, 0.6) is 0 Å². The highest BCUT2D eigenvalue weighted by atomic mass is 32.1. The van der Waals surface area contributed by atoms with Crippen molar-refractivity contribution in [1.82, 2.24) is 10.9 Å². The molecular weight excluding hydrogens is 352 g/mol. The topological polar surface area (TPSA) is 58.2 Å². The molecule has 2 N–H and O–H groups in total. The third-order valence-corrected chi connectivity index (χ3v) is 6.88. The van der Waals surface area contributed by atoms with Gasteiger partial charge in [0.2, 0.25) is 5.91 Å². The monoisotopic (exact) mass is 376 g/mol. The van der Waals surface area contributed by atoms with Crippen molar-refractivity contribution >= 4 is 34.5 Å². The normalized spacial score (nSPS) is 16.3. The van der Waals surface area contributed by atoms with Crippen LogP contribution in [0.1, 0.15) is 57.6 Å². The summed E-state index contributed by atoms with van der Waals surface area (Å²) in [5, 5.41) is 2.04. The maximum Gasteiger partial charge on any atom is 0.279 e. The van der Waals surface area contributed by atoms with Gasteiger partial charge in [0.05, 0.1) is 4.88 Å². The maximum atomic E-state index is 12.3. The summed E-state index contributed by atoms with van der Waals surface area (Å²) < 4.78 is 0. The van der Waals surface area contributed by atoms with Gasteiger partial charge in [-0.25, -0.2) is 0 Å². The lowest BCUT2D eigenvalue weighted by Crippen LogP contribution is -2.41. The fraction of sp³-hybridized carbons (Fsp3) is 0.474. The van der Waals surface area contributed by atoms with Crippen LogP contribution in [-0.4, -0.2) is 11.8 Å². The van der Waals surface area contributed by atoms with Crippen LogP contribution in [-0.2, 0) is 24.1 Å². The Morgan fingerprint density at radius 3 is 2.96 bits per heavy atom. The molecule has 4 nitrogen and oxygen atoms in total. The van der Waals surface area contributed by atoms with Crippen LogP contribution in [0, 0.1) is 5.92 Å². The molecule has 0 fully saturated rings. The summed E-state index contributed by atoms with van der Waals surface area (Å²) in [4.78, 5) is 27.4. The second-order valence-corrected chi connectivity index (χ2v) is 8.68. The summed E-state index contributed by atoms with van der Waals surface area (Å²) >= 11 is 3.27. The Hall–Kier alpha value is -1.66. The molecule has 134 valence electrons. The molecule has 2 aromatic heterocycles. The van der Waals surface area contributed by atoms with E-state index in [0.29, 0.717) is 11.3 Å². The summed E-state index contributed by atoms with van der Waals surface area (Å²) in [5.41, 5.74) is 6.40. The molecular formula is C19H24N2O2S2. The molecule has 25 heavy (non-hydrogen) atoms. The first-order valence-electron chi connectivity index (χ1n) is 8.89. The van der Waals surface area contributed by atoms with Gasteiger partial charge in [-0.1, -0.05) is 19.4 Å². The molecule has 0 unspecified atom stereocenters. The van der Waals surface area contributed by atoms with E-state index in [1.54, 1.807) is 22.7 Å². The molecule has 1 aliphatic rings. The van der Waals surface area contributed by atoms with Gasteiger partial charge in [-0.3, -0.25) is 20.4 Å². The molecule has 0 saturated carbocycles. The van der Waals surface area contributed by atoms with E-state index in [4.69, 9.17) is 0 Å². The van der Waals surface area contributed by atoms with E-state index in [-0.39, 0.29) is 11.8 Å². The van der Waals surface area contributed by atoms with Crippen molar-refractivity contribution in [2.24, 2.45) is 5.92 Å². The largest absolute Gasteiger partial charge is 0.279 e. The third kappa shape index (κ3) is 4.92. The van der Waals surface area contributed by atoms with Crippen LogP contribution < -0.4 is 10.9 Å². The number of hydrogen-bond donors (Lipinski definition) is 2. The number of hydrogen-bond acceptors (Lipinski definition) is 4. The van der Waals surface area contributed by atoms with Crippen LogP contribution >= 0.6 is 22.7 Å². The van der Waals surface area contributed by atoms with Crippen molar-refractivity contribution in [2.45, 2.75) is 51.9 Å². The molecule has 0 bridgehead atoms. The Bertz CT molecular complexity index is 722. The van der Waals surface area contributed by atoms with Crippen molar-refractivity contribution in [3.8, 4) is 0 Å². The molecule has 1 atom stereocenters. The maximum absolute atomic E-state index is 12.3. The molecule has 2 heterocycles. The lowest BCUT2D eigenvalue weighted by Gasteiger charge is -2.19. The van der Waals surface area contributed by atoms with Gasteiger partial charge in [0.25, 0.3) is 5.91 Å². The quantitative estimate of drug-likeness (QED) is 0.746. The number of rotatable bonds is 6. The average Bonchev–Trinajstić information content (AvgIpc) is 3.28. The first-order valence-corrected chi connectivity index (χ1v) is 10.6. The highest BCUT2D eigenvalue weighted by molar-refractivity contribution is 7.14. The molecule has 2 aromatic rings. The Morgan fingerprint density at radius 2 is 2.20 bits per heavy atom. The Kier molecular flexibility index (Phi) is 6.26. The van der Waals surface area contributed by atoms with Crippen molar-refractivity contribution in [3.05, 3.63) is 43.8 Å². The summed E-state index contributed by atoms with van der Waals surface area (Å²) in [6, 6.07) is 6.09. The Balaban J connectivity index is 1.43. The van der Waals surface area contributed by atoms with Crippen LogP contribution in [0.4, 0.5) is 0 Å². The van der Waals surface area contributed by atoms with Crippen LogP contribution in [0.3, 0.4) is 0 Å². The SMILES string of the molecule is CC[C@@H]1CCc2sc(C(=O)NNC(=O)CCCc3cccs3)cc2C1. The first kappa shape index (κ1) is 18.1. The zero-order chi connectivity index (χ0) is 17.6. The fourth-order valence-corrected chi connectivity index (χ4v) is 5.04. The average molecular weight is 377 g/mol. The number of carbonyl (C=O) groups is 2. The zero-order valence-corrected chi connectivity index (χ0v) is 16.1. The Morgan fingerprint density at radius 1 is 1.32 bits per heavy atom. The predicted molar refractivity (Wildman–Crippen MR) is 103 cm³/mol. The highest BCUT2D eigenvalue weighted by Crippen LogP contribution is 2.33. The molecule has 0 aliphatic heterocycles. The van der Waals surface area contributed by atoms with Crippen molar-refractivity contribution in [3.63, 3.8) is 0 Å². The summed E-state index contributed by atoms with van der Waals surface area (Å²) in [6.45, 7) is 2.23. The number of aryl methyl sites for hydroxylation is 2. The van der Waals surface area contributed by atoms with E-state index in [1.807, 2.05) is 17.5 Å². The van der Waals surface area contributed by atoms with E-state index in [0.717, 1.165) is 31.6 Å². The zero-order valence-electron chi connectivity index (χ0n) is 14.5. The number of thiophene rings is 2. The van der Waals surface area contributed by atoms with Crippen molar-refractivity contribution in [1.29, 1.82) is 0 Å². The molecule has 6 heteroatoms. The van der Waals surface area contributed by atoms with Crippen molar-refractivity contribution < 1.29 is 9.59 Å². The van der Waals surface area contributed by atoms with Gasteiger partial charge in [0, 0.05) is 16.2 Å². The van der Waals surface area contributed by atoms with E-state index in [2.05, 4.69) is 23.8 Å². The minimum Gasteiger partial charge on any atom is -0.273 e. The lowest BCUT2D eigenvalue weighted by atomic mass is 9.87. The number of carbonyl (C=O) groups excluding carboxylic acids is 2. The second-order valence-electron chi connectivity index (χ2n) is 6.51. The van der Waals surface area contributed by atoms with Gasteiger partial charge in [-0.2, -0.15) is 0 Å². The van der Waals surface area contributed by atoms with Crippen LogP contribution in [0.2, 0.25) is 0 Å². The molecule has 0 radical (unpaired) electrons. The standard InChI is InChI=1S/C19H24N2O2S2/c1-2-13-8-9-16-14(11-13)12-17(25-16)19(23)21-20-18(22)7-3-5-15-6-4-10-24-15/h4,6,10,12-13H,2-3,5,7-9,11H2,1H3,(H,20,22)(H,21,23)/t13-/m1/s1. The summed E-state index contributed by atoms with van der Waals surface area (Å²) in [5.74, 6) is 0.386. The predicted octanol–water partition coefficient (Wildman–Crippen LogP) is 4.11. The number of fused-ring (bicyclic) bond motifs is 1. The van der Waals surface area contributed by atoms with Crippen molar-refractivity contribution in [2.75, 3.05) is 0 Å². The van der Waals surface area contributed by atoms with E-state index in [1.165, 1.54) is 28.2 Å². The minimum atomic E-state index is -0.209. The summed E-state index contributed by atoms with van der Waals surface area (Å²) in [7, 11) is 0. The molecule has 3 rings (SSSR count). The second kappa shape index (κ2) is 8.63. The van der Waals surface area contributed by atoms with Gasteiger partial charge < -0.3 is 0 Å². The molecule has 0 aromatic carbocycles. The Labute approximate surface area is 156 Å². The van der Waals surface area contributed by atoms with E-state index in [9.17, 15) is 9.59 Å². The lowest BCUT2D eigenvalue weighted by molar-refractivity contribution is -0.121. The molecule has 0 spiro atoms. The van der Waals surface area contributed by atoms with E-state index < -0.39 is 0 Å². The number of amides is 2. The fourth-order valence-electron chi connectivity index (χ4n) is 3.19. The third-order valence-electron chi connectivity index (χ3n) is 4.71. The van der Waals surface area contributed by atoms with Crippen LogP contribution in [0.25, 0.3) is 0 Å². The van der Waals surface area contributed by atoms with Gasteiger partial charge in [-0.05, 0) is 61.1 Å². The smallest absolute Gasteiger partial charge is 0.273 e. The van der Waals surface area contributed by atoms with Gasteiger partial charge in [0.15, 0.2) is 0 Å². The molecule has 1 aliphatic carbocycles. The van der Waals surface area contributed by atoms with E-state index >= 15 is 0 Å². The molecule has 2 amide bonds. The summed E-state index contributed by atoms with van der Waals surface area (Å²) in [6.07, 6.45) is 6.65. The van der Waals surface area contributed by atoms with Gasteiger partial charge >= 0.3 is 0 Å². The first-order chi connectivity index (χ1) is 12.2. The van der Waals surface area contributed by atoms with Gasteiger partial charge in [-0.15, -0.1) is 22.7 Å². The van der Waals surface area contributed by atoms with Gasteiger partial charge in [0.1, 0.15) is 0 Å². The minimum absolute atomic E-state index is 0.141.